The van der Waals surface area contributed by atoms with E-state index in [0.717, 1.165) is 16.6 Å². The molecule has 1 aliphatic rings. The normalized spacial score (nSPS) is 17.9. The minimum absolute atomic E-state index is 0.0800. The Hall–Kier alpha value is -4.79. The molecule has 1 fully saturated rings. The highest BCUT2D eigenvalue weighted by Gasteiger charge is 2.69. The van der Waals surface area contributed by atoms with Gasteiger partial charge in [0.25, 0.3) is 22.2 Å². The molecular weight excluding hydrogens is 572 g/mol. The number of rotatable bonds is 8. The highest BCUT2D eigenvalue weighted by atomic mass is 16.5. The van der Waals surface area contributed by atoms with Gasteiger partial charge in [-0.15, -0.1) is 0 Å². The SMILES string of the molecule is COC(=O)C1(CC(C)(C)C(C)(C)c2ccc(Oc3ccc(-n4c(=O)c5cc6c(=O)[nH]c(=O)c6cc5c4=O)cc3)cc2)CC1(C)C. The van der Waals surface area contributed by atoms with E-state index in [0.29, 0.717) is 23.6 Å². The number of esters is 1. The second-order valence-corrected chi connectivity index (χ2v) is 14.1. The molecule has 0 bridgehead atoms. The molecule has 0 aliphatic heterocycles. The topological polar surface area (TPSA) is 125 Å². The average molecular weight is 609 g/mol. The lowest BCUT2D eigenvalue weighted by Gasteiger charge is -2.44. The quantitative estimate of drug-likeness (QED) is 0.231. The summed E-state index contributed by atoms with van der Waals surface area (Å²) in [5.74, 6) is 0.996. The zero-order chi connectivity index (χ0) is 32.7. The van der Waals surface area contributed by atoms with Crippen LogP contribution in [0.25, 0.3) is 27.2 Å². The Balaban J connectivity index is 1.22. The smallest absolute Gasteiger partial charge is 0.312 e. The Bertz CT molecular complexity index is 2120. The Morgan fingerprint density at radius 1 is 0.800 bits per heavy atom. The van der Waals surface area contributed by atoms with Gasteiger partial charge in [0.1, 0.15) is 11.5 Å². The average Bonchev–Trinajstić information content (AvgIpc) is 3.29. The fraction of sp³-hybridized carbons (Fsp3) is 0.361. The van der Waals surface area contributed by atoms with Crippen LogP contribution in [0.4, 0.5) is 0 Å². The predicted molar refractivity (Wildman–Crippen MR) is 173 cm³/mol. The van der Waals surface area contributed by atoms with E-state index in [1.165, 1.54) is 19.2 Å². The number of carbonyl (C=O) groups excluding carboxylic acids is 1. The van der Waals surface area contributed by atoms with Gasteiger partial charge in [0.15, 0.2) is 0 Å². The highest BCUT2D eigenvalue weighted by molar-refractivity contribution is 5.98. The van der Waals surface area contributed by atoms with E-state index in [4.69, 9.17) is 9.47 Å². The first-order valence-corrected chi connectivity index (χ1v) is 14.9. The van der Waals surface area contributed by atoms with Crippen LogP contribution in [0.5, 0.6) is 11.5 Å². The fourth-order valence-electron chi connectivity index (χ4n) is 6.87. The number of H-pyrrole nitrogens is 1. The molecule has 1 atom stereocenters. The molecule has 3 aromatic carbocycles. The first kappa shape index (κ1) is 30.2. The molecule has 2 aromatic heterocycles. The van der Waals surface area contributed by atoms with Crippen molar-refractivity contribution in [1.29, 1.82) is 0 Å². The summed E-state index contributed by atoms with van der Waals surface area (Å²) < 4.78 is 12.3. The fourth-order valence-corrected chi connectivity index (χ4v) is 6.87. The molecule has 1 saturated carbocycles. The van der Waals surface area contributed by atoms with Crippen LogP contribution in [0.1, 0.15) is 59.9 Å². The Morgan fingerprint density at radius 2 is 1.27 bits per heavy atom. The van der Waals surface area contributed by atoms with Crippen molar-refractivity contribution >= 4 is 27.5 Å². The van der Waals surface area contributed by atoms with Crippen molar-refractivity contribution < 1.29 is 14.3 Å². The maximum Gasteiger partial charge on any atom is 0.312 e. The van der Waals surface area contributed by atoms with Crippen molar-refractivity contribution in [3.05, 3.63) is 108 Å². The zero-order valence-corrected chi connectivity index (χ0v) is 26.5. The third kappa shape index (κ3) is 4.55. The van der Waals surface area contributed by atoms with Crippen LogP contribution in [0.2, 0.25) is 0 Å². The number of carbonyl (C=O) groups is 1. The van der Waals surface area contributed by atoms with E-state index in [1.807, 2.05) is 24.3 Å². The predicted octanol–water partition coefficient (Wildman–Crippen LogP) is 5.50. The Labute approximate surface area is 259 Å². The molecule has 1 unspecified atom stereocenters. The van der Waals surface area contributed by atoms with Gasteiger partial charge in [0, 0.05) is 0 Å². The van der Waals surface area contributed by atoms with E-state index in [1.54, 1.807) is 24.3 Å². The molecule has 0 spiro atoms. The number of hydrogen-bond acceptors (Lipinski definition) is 7. The minimum atomic E-state index is -0.590. The summed E-state index contributed by atoms with van der Waals surface area (Å²) in [7, 11) is 1.46. The van der Waals surface area contributed by atoms with Gasteiger partial charge in [-0.25, -0.2) is 4.57 Å². The maximum atomic E-state index is 13.1. The van der Waals surface area contributed by atoms with Crippen molar-refractivity contribution in [2.45, 2.75) is 59.8 Å². The molecule has 2 heterocycles. The summed E-state index contributed by atoms with van der Waals surface area (Å²) in [6.45, 7) is 13.1. The van der Waals surface area contributed by atoms with Gasteiger partial charge in [-0.3, -0.25) is 29.0 Å². The summed E-state index contributed by atoms with van der Waals surface area (Å²) in [6.07, 6.45) is 1.52. The van der Waals surface area contributed by atoms with Gasteiger partial charge in [-0.1, -0.05) is 53.7 Å². The van der Waals surface area contributed by atoms with Crippen LogP contribution >= 0.6 is 0 Å². The third-order valence-electron chi connectivity index (χ3n) is 10.6. The third-order valence-corrected chi connectivity index (χ3v) is 10.6. The summed E-state index contributed by atoms with van der Waals surface area (Å²) in [5, 5.41) is 0.328. The van der Waals surface area contributed by atoms with Crippen molar-refractivity contribution in [1.82, 2.24) is 9.55 Å². The molecule has 1 aliphatic carbocycles. The number of fused-ring (bicyclic) bond motifs is 2. The van der Waals surface area contributed by atoms with E-state index >= 15 is 0 Å². The number of ether oxygens (including phenoxy) is 2. The van der Waals surface area contributed by atoms with Gasteiger partial charge >= 0.3 is 5.97 Å². The summed E-state index contributed by atoms with van der Waals surface area (Å²) >= 11 is 0. The van der Waals surface area contributed by atoms with Gasteiger partial charge in [0.2, 0.25) is 0 Å². The molecule has 0 saturated heterocycles. The number of methoxy groups -OCH3 is 1. The number of hydrogen-bond donors (Lipinski definition) is 1. The second kappa shape index (κ2) is 9.86. The first-order chi connectivity index (χ1) is 21.0. The molecule has 6 rings (SSSR count). The number of nitrogens with one attached hydrogen (secondary N) is 1. The summed E-state index contributed by atoms with van der Waals surface area (Å²) in [5.41, 5.74) is -1.93. The molecule has 0 radical (unpaired) electrons. The largest absolute Gasteiger partial charge is 0.469 e. The lowest BCUT2D eigenvalue weighted by molar-refractivity contribution is -0.150. The number of benzene rings is 3. The molecule has 45 heavy (non-hydrogen) atoms. The van der Waals surface area contributed by atoms with Crippen molar-refractivity contribution in [3.63, 3.8) is 0 Å². The number of nitrogens with zero attached hydrogens (tertiary/aromatic N) is 1. The van der Waals surface area contributed by atoms with Crippen LogP contribution in [0, 0.1) is 16.2 Å². The van der Waals surface area contributed by atoms with E-state index in [2.05, 4.69) is 46.5 Å². The van der Waals surface area contributed by atoms with Crippen molar-refractivity contribution in [2.75, 3.05) is 7.11 Å². The lowest BCUT2D eigenvalue weighted by atomic mass is 9.59. The van der Waals surface area contributed by atoms with Crippen molar-refractivity contribution in [2.24, 2.45) is 16.2 Å². The molecule has 232 valence electrons. The molecule has 9 heteroatoms. The van der Waals surface area contributed by atoms with Gasteiger partial charge in [0.05, 0.1) is 39.8 Å². The summed E-state index contributed by atoms with van der Waals surface area (Å²) in [6, 6.07) is 17.0. The van der Waals surface area contributed by atoms with Gasteiger partial charge < -0.3 is 9.47 Å². The van der Waals surface area contributed by atoms with E-state index < -0.39 is 27.7 Å². The molecule has 5 aromatic rings. The van der Waals surface area contributed by atoms with Gasteiger partial charge in [-0.2, -0.15) is 0 Å². The molecule has 1 N–H and O–H groups in total. The Kier molecular flexibility index (Phi) is 6.62. The minimum Gasteiger partial charge on any atom is -0.469 e. The highest BCUT2D eigenvalue weighted by Crippen LogP contribution is 2.69. The maximum absolute atomic E-state index is 13.1. The van der Waals surface area contributed by atoms with Crippen LogP contribution in [0.15, 0.2) is 79.8 Å². The standard InChI is InChI=1S/C36H36N2O7/c1-33(2,18-36(32(43)44-7)19-34(36,3)4)35(5,6)20-8-12-22(13-9-20)45-23-14-10-21(11-15-23)38-30(41)26-16-24-25(17-27(26)31(38)42)29(40)37-28(24)39/h8-17H,18-19H2,1-7H3,(H,37,39,40). The Morgan fingerprint density at radius 3 is 1.71 bits per heavy atom. The van der Waals surface area contributed by atoms with Crippen LogP contribution in [0.3, 0.4) is 0 Å². The van der Waals surface area contributed by atoms with E-state index in [-0.39, 0.29) is 43.8 Å². The number of aromatic nitrogens is 2. The van der Waals surface area contributed by atoms with Crippen molar-refractivity contribution in [3.8, 4) is 17.2 Å². The molecule has 9 nitrogen and oxygen atoms in total. The van der Waals surface area contributed by atoms with E-state index in [9.17, 15) is 24.0 Å². The van der Waals surface area contributed by atoms with Crippen LogP contribution in [-0.2, 0) is 14.9 Å². The van der Waals surface area contributed by atoms with Crippen LogP contribution in [-0.4, -0.2) is 22.6 Å². The molecular formula is C36H36N2O7. The summed E-state index contributed by atoms with van der Waals surface area (Å²) in [4.78, 5) is 65.4. The van der Waals surface area contributed by atoms with Gasteiger partial charge in [-0.05, 0) is 83.2 Å². The molecule has 0 amide bonds. The zero-order valence-electron chi connectivity index (χ0n) is 26.5. The number of aromatic amines is 1. The second-order valence-electron chi connectivity index (χ2n) is 14.1. The lowest BCUT2D eigenvalue weighted by Crippen LogP contribution is -2.41. The monoisotopic (exact) mass is 608 g/mol. The first-order valence-electron chi connectivity index (χ1n) is 14.9. The van der Waals surface area contributed by atoms with Crippen LogP contribution < -0.4 is 27.0 Å².